The Kier molecular flexibility index (Phi) is 7.87. The first-order chi connectivity index (χ1) is 31.2. The van der Waals surface area contributed by atoms with Gasteiger partial charge in [-0.2, -0.15) is 0 Å². The first-order valence-corrected chi connectivity index (χ1v) is 21.3. The largest absolute Gasteiger partial charge is 0.456 e. The second-order valence-electron chi connectivity index (χ2n) is 16.3. The summed E-state index contributed by atoms with van der Waals surface area (Å²) in [5.41, 5.74) is 17.6. The number of nitrogens with zero attached hydrogens (tertiary/aromatic N) is 2. The highest BCUT2D eigenvalue weighted by Crippen LogP contribution is 2.42. The first-order valence-electron chi connectivity index (χ1n) is 21.3. The third-order valence-electron chi connectivity index (χ3n) is 12.6. The van der Waals surface area contributed by atoms with Crippen molar-refractivity contribution < 1.29 is 8.83 Å². The number of pyridine rings is 1. The van der Waals surface area contributed by atoms with E-state index in [0.717, 1.165) is 94.3 Å². The monoisotopic (exact) mass is 804 g/mol. The van der Waals surface area contributed by atoms with Gasteiger partial charge in [-0.25, -0.2) is 4.98 Å². The molecule has 9 aromatic carbocycles. The minimum absolute atomic E-state index is 0.846. The number of fused-ring (bicyclic) bond motifs is 9. The number of hydrogen-bond donors (Lipinski definition) is 0. The minimum Gasteiger partial charge on any atom is -0.456 e. The van der Waals surface area contributed by atoms with E-state index in [2.05, 4.69) is 205 Å². The molecule has 0 aliphatic carbocycles. The summed E-state index contributed by atoms with van der Waals surface area (Å²) in [5, 5.41) is 6.86. The molecule has 294 valence electrons. The maximum atomic E-state index is 6.56. The van der Waals surface area contributed by atoms with Crippen LogP contribution in [0.2, 0.25) is 0 Å². The molecule has 0 aliphatic rings. The molecule has 0 unspecified atom stereocenters. The fourth-order valence-corrected chi connectivity index (χ4v) is 9.59. The number of hydrogen-bond acceptors (Lipinski definition) is 3. The van der Waals surface area contributed by atoms with Gasteiger partial charge in [-0.3, -0.25) is 0 Å². The lowest BCUT2D eigenvalue weighted by Gasteiger charge is -2.11. The molecule has 0 fully saturated rings. The van der Waals surface area contributed by atoms with Crippen molar-refractivity contribution in [3.05, 3.63) is 218 Å². The zero-order chi connectivity index (χ0) is 41.4. The van der Waals surface area contributed by atoms with E-state index in [1.807, 2.05) is 18.2 Å². The highest BCUT2D eigenvalue weighted by Gasteiger charge is 2.18. The van der Waals surface area contributed by atoms with E-state index in [0.29, 0.717) is 0 Å². The molecule has 4 heterocycles. The SMILES string of the molecule is c1ccc(-c2cc(-c3cccc4oc5ccc(-c6ccc(-c7ccc8c(c7)c7ccccc7n8-c7ccccc7)cc6)cc5c34)cc(-c3ccc4c(c3)oc3ccccc34)n2)cc1. The van der Waals surface area contributed by atoms with Crippen molar-refractivity contribution in [1.82, 2.24) is 9.55 Å². The van der Waals surface area contributed by atoms with Crippen LogP contribution in [0.5, 0.6) is 0 Å². The molecule has 0 spiro atoms. The zero-order valence-electron chi connectivity index (χ0n) is 34.0. The molecule has 4 aromatic heterocycles. The maximum Gasteiger partial charge on any atom is 0.136 e. The highest BCUT2D eigenvalue weighted by molar-refractivity contribution is 6.14. The van der Waals surface area contributed by atoms with Crippen LogP contribution in [0.1, 0.15) is 0 Å². The third kappa shape index (κ3) is 5.80. The Morgan fingerprint density at radius 1 is 0.302 bits per heavy atom. The van der Waals surface area contributed by atoms with Crippen LogP contribution in [0, 0.1) is 0 Å². The fraction of sp³-hybridized carbons (Fsp3) is 0. The molecule has 0 saturated heterocycles. The van der Waals surface area contributed by atoms with Crippen molar-refractivity contribution in [2.75, 3.05) is 0 Å². The minimum atomic E-state index is 0.846. The van der Waals surface area contributed by atoms with E-state index in [4.69, 9.17) is 13.8 Å². The van der Waals surface area contributed by atoms with Gasteiger partial charge in [-0.15, -0.1) is 0 Å². The molecule has 13 aromatic rings. The Balaban J connectivity index is 0.902. The molecule has 0 radical (unpaired) electrons. The summed E-state index contributed by atoms with van der Waals surface area (Å²) in [6.45, 7) is 0. The predicted octanol–water partition coefficient (Wildman–Crippen LogP) is 16.3. The number of rotatable bonds is 6. The Labute approximate surface area is 362 Å². The van der Waals surface area contributed by atoms with Gasteiger partial charge < -0.3 is 13.4 Å². The van der Waals surface area contributed by atoms with Gasteiger partial charge in [-0.1, -0.05) is 140 Å². The molecule has 13 rings (SSSR count). The highest BCUT2D eigenvalue weighted by atomic mass is 16.3. The van der Waals surface area contributed by atoms with E-state index in [1.165, 1.54) is 32.9 Å². The van der Waals surface area contributed by atoms with Crippen molar-refractivity contribution in [2.24, 2.45) is 0 Å². The average Bonchev–Trinajstić information content (AvgIpc) is 4.03. The van der Waals surface area contributed by atoms with Gasteiger partial charge in [0.1, 0.15) is 22.3 Å². The maximum absolute atomic E-state index is 6.56. The smallest absolute Gasteiger partial charge is 0.136 e. The van der Waals surface area contributed by atoms with E-state index in [9.17, 15) is 0 Å². The third-order valence-corrected chi connectivity index (χ3v) is 12.6. The second-order valence-corrected chi connectivity index (χ2v) is 16.3. The van der Waals surface area contributed by atoms with Gasteiger partial charge in [0.15, 0.2) is 0 Å². The number of para-hydroxylation sites is 3. The Hall–Kier alpha value is -8.47. The van der Waals surface area contributed by atoms with Gasteiger partial charge >= 0.3 is 0 Å². The molecule has 0 bridgehead atoms. The summed E-state index contributed by atoms with van der Waals surface area (Å²) in [5.74, 6) is 0. The van der Waals surface area contributed by atoms with Crippen LogP contribution in [-0.4, -0.2) is 9.55 Å². The quantitative estimate of drug-likeness (QED) is 0.168. The summed E-state index contributed by atoms with van der Waals surface area (Å²) in [4.78, 5) is 5.25. The summed E-state index contributed by atoms with van der Waals surface area (Å²) < 4.78 is 15.2. The van der Waals surface area contributed by atoms with Crippen molar-refractivity contribution in [2.45, 2.75) is 0 Å². The van der Waals surface area contributed by atoms with Crippen molar-refractivity contribution in [1.29, 1.82) is 0 Å². The molecule has 63 heavy (non-hydrogen) atoms. The van der Waals surface area contributed by atoms with Crippen LogP contribution < -0.4 is 0 Å². The fourth-order valence-electron chi connectivity index (χ4n) is 9.59. The lowest BCUT2D eigenvalue weighted by atomic mass is 9.95. The Bertz CT molecular complexity index is 3890. The van der Waals surface area contributed by atoms with Gasteiger partial charge in [-0.05, 0) is 112 Å². The molecule has 0 atom stereocenters. The second kappa shape index (κ2) is 14.1. The zero-order valence-corrected chi connectivity index (χ0v) is 34.0. The molecule has 4 heteroatoms. The van der Waals surface area contributed by atoms with Crippen molar-refractivity contribution >= 4 is 65.7 Å². The van der Waals surface area contributed by atoms with Gasteiger partial charge in [0, 0.05) is 49.1 Å². The Morgan fingerprint density at radius 2 is 0.873 bits per heavy atom. The predicted molar refractivity (Wildman–Crippen MR) is 260 cm³/mol. The van der Waals surface area contributed by atoms with E-state index in [-0.39, 0.29) is 0 Å². The summed E-state index contributed by atoms with van der Waals surface area (Å²) >= 11 is 0. The van der Waals surface area contributed by atoms with E-state index >= 15 is 0 Å². The molecule has 0 amide bonds. The molecule has 0 saturated carbocycles. The van der Waals surface area contributed by atoms with Crippen LogP contribution in [-0.2, 0) is 0 Å². The topological polar surface area (TPSA) is 44.1 Å². The Morgan fingerprint density at radius 3 is 1.68 bits per heavy atom. The molecular weight excluding hydrogens is 769 g/mol. The lowest BCUT2D eigenvalue weighted by molar-refractivity contribution is 0.668. The normalized spacial score (nSPS) is 11.8. The molecule has 0 N–H and O–H groups in total. The molecule has 4 nitrogen and oxygen atoms in total. The van der Waals surface area contributed by atoms with Gasteiger partial charge in [0.05, 0.1) is 22.4 Å². The van der Waals surface area contributed by atoms with E-state index in [1.54, 1.807) is 0 Å². The van der Waals surface area contributed by atoms with Crippen molar-refractivity contribution in [3.63, 3.8) is 0 Å². The van der Waals surface area contributed by atoms with Crippen LogP contribution in [0.15, 0.2) is 227 Å². The van der Waals surface area contributed by atoms with Crippen LogP contribution in [0.4, 0.5) is 0 Å². The average molecular weight is 805 g/mol. The summed E-state index contributed by atoms with van der Waals surface area (Å²) in [6, 6.07) is 77.4. The van der Waals surface area contributed by atoms with E-state index < -0.39 is 0 Å². The summed E-state index contributed by atoms with van der Waals surface area (Å²) in [6.07, 6.45) is 0. The molecular formula is C59H36N2O2. The summed E-state index contributed by atoms with van der Waals surface area (Å²) in [7, 11) is 0. The lowest BCUT2D eigenvalue weighted by Crippen LogP contribution is -1.92. The first kappa shape index (κ1) is 35.3. The van der Waals surface area contributed by atoms with Crippen LogP contribution in [0.3, 0.4) is 0 Å². The van der Waals surface area contributed by atoms with Gasteiger partial charge in [0.25, 0.3) is 0 Å². The van der Waals surface area contributed by atoms with Crippen molar-refractivity contribution in [3.8, 4) is 61.6 Å². The number of furan rings is 2. The van der Waals surface area contributed by atoms with Crippen LogP contribution >= 0.6 is 0 Å². The standard InChI is InChI=1S/C59H36N2O2/c1-3-12-39(13-4-1)51-34-43(35-52(60-51)42-26-29-48-47-17-8-10-20-55(47)63-58(48)36-42)45-18-11-21-57-59(45)50-33-41(28-31-56(50)62-57)38-24-22-37(23-25-38)40-27-30-54-49(32-40)46-16-7-9-19-53(46)61(54)44-14-5-2-6-15-44/h1-36H. The van der Waals surface area contributed by atoms with Crippen LogP contribution in [0.25, 0.3) is 127 Å². The number of aromatic nitrogens is 2. The molecule has 0 aliphatic heterocycles. The number of benzene rings is 9. The van der Waals surface area contributed by atoms with Gasteiger partial charge in [0.2, 0.25) is 0 Å².